The van der Waals surface area contributed by atoms with Crippen LogP contribution >= 0.6 is 0 Å². The molecule has 0 aliphatic heterocycles. The van der Waals surface area contributed by atoms with Gasteiger partial charge in [0.2, 0.25) is 0 Å². The van der Waals surface area contributed by atoms with Gasteiger partial charge < -0.3 is 10.2 Å². The quantitative estimate of drug-likeness (QED) is 0.601. The lowest BCUT2D eigenvalue weighted by atomic mass is 9.81. The van der Waals surface area contributed by atoms with Gasteiger partial charge in [0.1, 0.15) is 0 Å². The fourth-order valence-electron chi connectivity index (χ4n) is 3.51. The highest BCUT2D eigenvalue weighted by Crippen LogP contribution is 2.31. The summed E-state index contributed by atoms with van der Waals surface area (Å²) in [5, 5.41) is 3.67. The van der Waals surface area contributed by atoms with E-state index in [0.717, 1.165) is 12.6 Å². The molecule has 0 unspecified atom stereocenters. The standard InChI is InChI=1S/C17H36N2/c1-5-13-18-14-17(6-2,7-3)15-19(8-4)16-11-9-10-12-16/h16,18H,5-15H2,1-4H3. The Hall–Kier alpha value is -0.0800. The Balaban J connectivity index is 2.57. The molecule has 0 heterocycles. The van der Waals surface area contributed by atoms with E-state index in [1.807, 2.05) is 0 Å². The van der Waals surface area contributed by atoms with Crippen LogP contribution in [0.15, 0.2) is 0 Å². The molecule has 19 heavy (non-hydrogen) atoms. The molecule has 114 valence electrons. The number of hydrogen-bond acceptors (Lipinski definition) is 2. The summed E-state index contributed by atoms with van der Waals surface area (Å²) in [5.41, 5.74) is 0.480. The molecule has 0 aromatic carbocycles. The van der Waals surface area contributed by atoms with Crippen LogP contribution in [0.1, 0.15) is 72.6 Å². The molecule has 1 N–H and O–H groups in total. The Bertz CT molecular complexity index is 217. The molecule has 0 saturated heterocycles. The van der Waals surface area contributed by atoms with Crippen molar-refractivity contribution in [1.29, 1.82) is 0 Å². The van der Waals surface area contributed by atoms with Crippen LogP contribution in [0.3, 0.4) is 0 Å². The van der Waals surface area contributed by atoms with Crippen molar-refractivity contribution in [3.63, 3.8) is 0 Å². The zero-order chi connectivity index (χ0) is 14.1. The summed E-state index contributed by atoms with van der Waals surface area (Å²) in [6, 6.07) is 0.869. The first-order valence-corrected chi connectivity index (χ1v) is 8.66. The fraction of sp³-hybridized carbons (Fsp3) is 1.00. The minimum atomic E-state index is 0.480. The molecule has 2 heteroatoms. The van der Waals surface area contributed by atoms with Gasteiger partial charge in [-0.15, -0.1) is 0 Å². The van der Waals surface area contributed by atoms with Gasteiger partial charge in [-0.25, -0.2) is 0 Å². The van der Waals surface area contributed by atoms with Gasteiger partial charge in [0.05, 0.1) is 0 Å². The molecule has 0 radical (unpaired) electrons. The van der Waals surface area contributed by atoms with Gasteiger partial charge in [-0.05, 0) is 50.6 Å². The lowest BCUT2D eigenvalue weighted by molar-refractivity contribution is 0.104. The average molecular weight is 268 g/mol. The minimum Gasteiger partial charge on any atom is -0.316 e. The molecule has 0 atom stereocenters. The Morgan fingerprint density at radius 2 is 1.68 bits per heavy atom. The lowest BCUT2D eigenvalue weighted by Crippen LogP contribution is -2.46. The van der Waals surface area contributed by atoms with Crippen LogP contribution in [0.5, 0.6) is 0 Å². The van der Waals surface area contributed by atoms with Crippen molar-refractivity contribution in [3.05, 3.63) is 0 Å². The van der Waals surface area contributed by atoms with Gasteiger partial charge in [-0.3, -0.25) is 0 Å². The van der Waals surface area contributed by atoms with Crippen LogP contribution in [0.25, 0.3) is 0 Å². The molecule has 1 rings (SSSR count). The van der Waals surface area contributed by atoms with E-state index in [-0.39, 0.29) is 0 Å². The molecule has 0 aromatic heterocycles. The van der Waals surface area contributed by atoms with E-state index >= 15 is 0 Å². The van der Waals surface area contributed by atoms with Crippen molar-refractivity contribution in [2.45, 2.75) is 78.7 Å². The smallest absolute Gasteiger partial charge is 0.00953 e. The van der Waals surface area contributed by atoms with E-state index in [9.17, 15) is 0 Å². The number of hydrogen-bond donors (Lipinski definition) is 1. The summed E-state index contributed by atoms with van der Waals surface area (Å²) < 4.78 is 0. The normalized spacial score (nSPS) is 17.5. The number of nitrogens with zero attached hydrogens (tertiary/aromatic N) is 1. The summed E-state index contributed by atoms with van der Waals surface area (Å²) in [5.74, 6) is 0. The molecule has 0 bridgehead atoms. The van der Waals surface area contributed by atoms with Gasteiger partial charge in [0.25, 0.3) is 0 Å². The van der Waals surface area contributed by atoms with Crippen LogP contribution in [-0.2, 0) is 0 Å². The van der Waals surface area contributed by atoms with Crippen LogP contribution in [-0.4, -0.2) is 37.1 Å². The zero-order valence-corrected chi connectivity index (χ0v) is 13.8. The second kappa shape index (κ2) is 8.97. The maximum absolute atomic E-state index is 3.67. The van der Waals surface area contributed by atoms with Crippen molar-refractivity contribution in [2.75, 3.05) is 26.2 Å². The average Bonchev–Trinajstić information content (AvgIpc) is 2.97. The summed E-state index contributed by atoms with van der Waals surface area (Å²) >= 11 is 0. The second-order valence-corrected chi connectivity index (χ2v) is 6.39. The van der Waals surface area contributed by atoms with E-state index in [4.69, 9.17) is 0 Å². The van der Waals surface area contributed by atoms with Gasteiger partial charge in [-0.2, -0.15) is 0 Å². The number of rotatable bonds is 10. The fourth-order valence-corrected chi connectivity index (χ4v) is 3.51. The first kappa shape index (κ1) is 17.0. The summed E-state index contributed by atoms with van der Waals surface area (Å²) in [4.78, 5) is 2.77. The molecule has 1 aliphatic carbocycles. The first-order chi connectivity index (χ1) is 9.21. The lowest BCUT2D eigenvalue weighted by Gasteiger charge is -2.40. The second-order valence-electron chi connectivity index (χ2n) is 6.39. The van der Waals surface area contributed by atoms with E-state index in [1.165, 1.54) is 64.6 Å². The Morgan fingerprint density at radius 1 is 1.05 bits per heavy atom. The van der Waals surface area contributed by atoms with Crippen molar-refractivity contribution >= 4 is 0 Å². The predicted octanol–water partition coefficient (Wildman–Crippen LogP) is 4.06. The molecule has 0 amide bonds. The SMILES string of the molecule is CCCNCC(CC)(CC)CN(CC)C1CCCC1. The largest absolute Gasteiger partial charge is 0.316 e. The zero-order valence-electron chi connectivity index (χ0n) is 13.8. The monoisotopic (exact) mass is 268 g/mol. The third-order valence-electron chi connectivity index (χ3n) is 5.21. The van der Waals surface area contributed by atoms with Crippen molar-refractivity contribution in [2.24, 2.45) is 5.41 Å². The molecule has 1 aliphatic rings. The minimum absolute atomic E-state index is 0.480. The van der Waals surface area contributed by atoms with Gasteiger partial charge in [0.15, 0.2) is 0 Å². The van der Waals surface area contributed by atoms with E-state index < -0.39 is 0 Å². The molecule has 1 saturated carbocycles. The first-order valence-electron chi connectivity index (χ1n) is 8.66. The van der Waals surface area contributed by atoms with Crippen molar-refractivity contribution in [3.8, 4) is 0 Å². The maximum Gasteiger partial charge on any atom is 0.00953 e. The summed E-state index contributed by atoms with van der Waals surface area (Å²) in [6.07, 6.45) is 9.58. The Labute approximate surface area is 121 Å². The van der Waals surface area contributed by atoms with Crippen molar-refractivity contribution < 1.29 is 0 Å². The highest BCUT2D eigenvalue weighted by atomic mass is 15.2. The van der Waals surface area contributed by atoms with Crippen molar-refractivity contribution in [1.82, 2.24) is 10.2 Å². The molecular formula is C17H36N2. The van der Waals surface area contributed by atoms with Crippen LogP contribution in [0.2, 0.25) is 0 Å². The van der Waals surface area contributed by atoms with E-state index in [0.29, 0.717) is 5.41 Å². The third-order valence-corrected chi connectivity index (χ3v) is 5.21. The predicted molar refractivity (Wildman–Crippen MR) is 85.7 cm³/mol. The number of nitrogens with one attached hydrogen (secondary N) is 1. The highest BCUT2D eigenvalue weighted by Gasteiger charge is 2.31. The van der Waals surface area contributed by atoms with Crippen LogP contribution in [0, 0.1) is 5.41 Å². The van der Waals surface area contributed by atoms with Gasteiger partial charge >= 0.3 is 0 Å². The molecule has 2 nitrogen and oxygen atoms in total. The Kier molecular flexibility index (Phi) is 8.01. The topological polar surface area (TPSA) is 15.3 Å². The maximum atomic E-state index is 3.67. The summed E-state index contributed by atoms with van der Waals surface area (Å²) in [7, 11) is 0. The molecule has 0 spiro atoms. The molecular weight excluding hydrogens is 232 g/mol. The van der Waals surface area contributed by atoms with E-state index in [2.05, 4.69) is 37.9 Å². The van der Waals surface area contributed by atoms with E-state index in [1.54, 1.807) is 0 Å². The summed E-state index contributed by atoms with van der Waals surface area (Å²) in [6.45, 7) is 14.2. The Morgan fingerprint density at radius 3 is 2.16 bits per heavy atom. The highest BCUT2D eigenvalue weighted by molar-refractivity contribution is 4.86. The van der Waals surface area contributed by atoms with Gasteiger partial charge in [0, 0.05) is 19.1 Å². The van der Waals surface area contributed by atoms with Crippen LogP contribution < -0.4 is 5.32 Å². The third kappa shape index (κ3) is 5.07. The van der Waals surface area contributed by atoms with Crippen LogP contribution in [0.4, 0.5) is 0 Å². The molecule has 0 aromatic rings. The molecule has 1 fully saturated rings. The van der Waals surface area contributed by atoms with Gasteiger partial charge in [-0.1, -0.05) is 40.5 Å².